The molecule has 0 spiro atoms. The van der Waals surface area contributed by atoms with Gasteiger partial charge in [-0.25, -0.2) is 4.79 Å². The third kappa shape index (κ3) is 2.87. The lowest BCUT2D eigenvalue weighted by Crippen LogP contribution is -2.20. The number of carbonyl (C=O) groups is 1. The van der Waals surface area contributed by atoms with E-state index in [4.69, 9.17) is 4.74 Å². The largest absolute Gasteiger partial charge is 0.463 e. The first-order valence-corrected chi connectivity index (χ1v) is 5.97. The number of benzene rings is 1. The van der Waals surface area contributed by atoms with Crippen LogP contribution in [0.25, 0.3) is 0 Å². The van der Waals surface area contributed by atoms with Gasteiger partial charge in [-0.2, -0.15) is 0 Å². The third-order valence-corrected chi connectivity index (χ3v) is 2.85. The Morgan fingerprint density at radius 3 is 3.12 bits per heavy atom. The van der Waals surface area contributed by atoms with E-state index in [0.717, 1.165) is 19.5 Å². The fourth-order valence-electron chi connectivity index (χ4n) is 2.06. The van der Waals surface area contributed by atoms with Crippen LogP contribution in [0.2, 0.25) is 0 Å². The van der Waals surface area contributed by atoms with Crippen LogP contribution in [0.5, 0.6) is 0 Å². The van der Waals surface area contributed by atoms with Crippen LogP contribution in [0.15, 0.2) is 36.4 Å². The highest BCUT2D eigenvalue weighted by atomic mass is 16.5. The lowest BCUT2D eigenvalue weighted by molar-refractivity contribution is -0.137. The molecule has 1 aliphatic heterocycles. The third-order valence-electron chi connectivity index (χ3n) is 2.85. The molecular weight excluding hydrogens is 214 g/mol. The Kier molecular flexibility index (Phi) is 3.81. The Morgan fingerprint density at radius 2 is 2.29 bits per heavy atom. The first kappa shape index (κ1) is 11.7. The van der Waals surface area contributed by atoms with Gasteiger partial charge in [0.05, 0.1) is 6.61 Å². The molecule has 1 aromatic rings. The van der Waals surface area contributed by atoms with Gasteiger partial charge in [-0.3, -0.25) is 0 Å². The first-order valence-electron chi connectivity index (χ1n) is 5.97. The van der Waals surface area contributed by atoms with Gasteiger partial charge in [0.2, 0.25) is 0 Å². The molecule has 0 aliphatic carbocycles. The molecule has 2 rings (SSSR count). The first-order chi connectivity index (χ1) is 8.31. The molecule has 17 heavy (non-hydrogen) atoms. The molecule has 3 heteroatoms. The highest BCUT2D eigenvalue weighted by Gasteiger charge is 2.16. The number of ether oxygens (including phenoxy) is 1. The van der Waals surface area contributed by atoms with Gasteiger partial charge in [-0.15, -0.1) is 0 Å². The molecule has 0 amide bonds. The maximum Gasteiger partial charge on any atom is 0.330 e. The lowest BCUT2D eigenvalue weighted by Gasteiger charge is -2.16. The Morgan fingerprint density at radius 1 is 1.47 bits per heavy atom. The molecule has 0 saturated heterocycles. The quantitative estimate of drug-likeness (QED) is 0.587. The highest BCUT2D eigenvalue weighted by molar-refractivity contribution is 5.82. The van der Waals surface area contributed by atoms with Crippen molar-refractivity contribution in [1.29, 1.82) is 0 Å². The van der Waals surface area contributed by atoms with Crippen LogP contribution in [0, 0.1) is 0 Å². The summed E-state index contributed by atoms with van der Waals surface area (Å²) in [5, 5.41) is 0. The van der Waals surface area contributed by atoms with Crippen LogP contribution in [0.4, 0.5) is 5.69 Å². The summed E-state index contributed by atoms with van der Waals surface area (Å²) in [6, 6.07) is 8.40. The molecule has 90 valence electrons. The van der Waals surface area contributed by atoms with Crippen LogP contribution in [-0.2, 0) is 16.0 Å². The molecule has 3 nitrogen and oxygen atoms in total. The van der Waals surface area contributed by atoms with Crippen molar-refractivity contribution in [3.8, 4) is 0 Å². The zero-order valence-corrected chi connectivity index (χ0v) is 10.1. The predicted molar refractivity (Wildman–Crippen MR) is 68.1 cm³/mol. The molecular formula is C14H17NO2. The number of hydrogen-bond donors (Lipinski definition) is 0. The van der Waals surface area contributed by atoms with Gasteiger partial charge in [0, 0.05) is 24.9 Å². The summed E-state index contributed by atoms with van der Waals surface area (Å²) in [6.07, 6.45) is 4.45. The fraction of sp³-hybridized carbons (Fsp3) is 0.357. The van der Waals surface area contributed by atoms with Gasteiger partial charge in [-0.1, -0.05) is 24.3 Å². The van der Waals surface area contributed by atoms with Crippen molar-refractivity contribution in [1.82, 2.24) is 0 Å². The van der Waals surface area contributed by atoms with Crippen LogP contribution in [-0.4, -0.2) is 25.7 Å². The summed E-state index contributed by atoms with van der Waals surface area (Å²) in [7, 11) is 0. The SMILES string of the molecule is CCOC(=O)/C=C/CN1CCc2ccccc21. The molecule has 0 fully saturated rings. The minimum absolute atomic E-state index is 0.264. The van der Waals surface area contributed by atoms with E-state index in [9.17, 15) is 4.79 Å². The molecule has 0 radical (unpaired) electrons. The van der Waals surface area contributed by atoms with E-state index in [1.54, 1.807) is 0 Å². The van der Waals surface area contributed by atoms with E-state index in [0.29, 0.717) is 6.61 Å². The minimum atomic E-state index is -0.264. The molecule has 0 N–H and O–H groups in total. The van der Waals surface area contributed by atoms with Crippen molar-refractivity contribution in [2.24, 2.45) is 0 Å². The molecule has 0 atom stereocenters. The zero-order chi connectivity index (χ0) is 12.1. The number of anilines is 1. The molecule has 0 saturated carbocycles. The van der Waals surface area contributed by atoms with Crippen LogP contribution < -0.4 is 4.90 Å². The fourth-order valence-corrected chi connectivity index (χ4v) is 2.06. The van der Waals surface area contributed by atoms with Crippen LogP contribution >= 0.6 is 0 Å². The molecule has 1 heterocycles. The highest BCUT2D eigenvalue weighted by Crippen LogP contribution is 2.26. The van der Waals surface area contributed by atoms with Crippen molar-refractivity contribution < 1.29 is 9.53 Å². The van der Waals surface area contributed by atoms with E-state index in [2.05, 4.69) is 23.1 Å². The summed E-state index contributed by atoms with van der Waals surface area (Å²) in [6.45, 7) is 4.01. The maximum absolute atomic E-state index is 11.1. The summed E-state index contributed by atoms with van der Waals surface area (Å²) < 4.78 is 4.83. The number of rotatable bonds is 4. The van der Waals surface area contributed by atoms with Gasteiger partial charge < -0.3 is 9.64 Å². The van der Waals surface area contributed by atoms with Crippen molar-refractivity contribution >= 4 is 11.7 Å². The van der Waals surface area contributed by atoms with E-state index in [1.807, 2.05) is 19.1 Å². The Labute approximate surface area is 102 Å². The molecule has 0 bridgehead atoms. The number of hydrogen-bond acceptors (Lipinski definition) is 3. The second kappa shape index (κ2) is 5.53. The monoisotopic (exact) mass is 231 g/mol. The smallest absolute Gasteiger partial charge is 0.330 e. The number of nitrogens with zero attached hydrogens (tertiary/aromatic N) is 1. The number of carbonyl (C=O) groups excluding carboxylic acids is 1. The van der Waals surface area contributed by atoms with E-state index in [-0.39, 0.29) is 5.97 Å². The standard InChI is InChI=1S/C14H17NO2/c1-2-17-14(16)8-5-10-15-11-9-12-6-3-4-7-13(12)15/h3-8H,2,9-11H2,1H3/b8-5+. The second-order valence-electron chi connectivity index (χ2n) is 3.98. The van der Waals surface area contributed by atoms with Crippen molar-refractivity contribution in [2.75, 3.05) is 24.6 Å². The van der Waals surface area contributed by atoms with Crippen LogP contribution in [0.1, 0.15) is 12.5 Å². The van der Waals surface area contributed by atoms with Crippen LogP contribution in [0.3, 0.4) is 0 Å². The average molecular weight is 231 g/mol. The zero-order valence-electron chi connectivity index (χ0n) is 10.1. The topological polar surface area (TPSA) is 29.5 Å². The molecule has 1 aliphatic rings. The molecule has 0 unspecified atom stereocenters. The normalized spacial score (nSPS) is 14.1. The van der Waals surface area contributed by atoms with Gasteiger partial charge in [0.25, 0.3) is 0 Å². The number of fused-ring (bicyclic) bond motifs is 1. The van der Waals surface area contributed by atoms with Gasteiger partial charge in [0.1, 0.15) is 0 Å². The maximum atomic E-state index is 11.1. The number of esters is 1. The van der Waals surface area contributed by atoms with Crippen molar-refractivity contribution in [2.45, 2.75) is 13.3 Å². The van der Waals surface area contributed by atoms with E-state index in [1.165, 1.54) is 17.3 Å². The van der Waals surface area contributed by atoms with Gasteiger partial charge >= 0.3 is 5.97 Å². The molecule has 1 aromatic carbocycles. The summed E-state index contributed by atoms with van der Waals surface area (Å²) >= 11 is 0. The lowest BCUT2D eigenvalue weighted by atomic mass is 10.2. The van der Waals surface area contributed by atoms with E-state index >= 15 is 0 Å². The molecule has 0 aromatic heterocycles. The number of para-hydroxylation sites is 1. The van der Waals surface area contributed by atoms with Crippen molar-refractivity contribution in [3.05, 3.63) is 42.0 Å². The van der Waals surface area contributed by atoms with Gasteiger partial charge in [0.15, 0.2) is 0 Å². The van der Waals surface area contributed by atoms with E-state index < -0.39 is 0 Å². The average Bonchev–Trinajstić information content (AvgIpc) is 2.73. The minimum Gasteiger partial charge on any atom is -0.463 e. The van der Waals surface area contributed by atoms with Crippen molar-refractivity contribution in [3.63, 3.8) is 0 Å². The Bertz CT molecular complexity index is 426. The van der Waals surface area contributed by atoms with Gasteiger partial charge in [-0.05, 0) is 25.0 Å². The Hall–Kier alpha value is -1.77. The summed E-state index contributed by atoms with van der Waals surface area (Å²) in [4.78, 5) is 13.4. The summed E-state index contributed by atoms with van der Waals surface area (Å²) in [5.41, 5.74) is 2.66. The Balaban J connectivity index is 1.92. The second-order valence-corrected chi connectivity index (χ2v) is 3.98. The summed E-state index contributed by atoms with van der Waals surface area (Å²) in [5.74, 6) is -0.264. The predicted octanol–water partition coefficient (Wildman–Crippen LogP) is 2.17.